The van der Waals surface area contributed by atoms with E-state index in [2.05, 4.69) is 9.97 Å². The number of imidazole rings is 1. The van der Waals surface area contributed by atoms with E-state index in [1.807, 2.05) is 29.0 Å². The summed E-state index contributed by atoms with van der Waals surface area (Å²) in [7, 11) is 0. The number of nitrogens with zero attached hydrogens (tertiary/aromatic N) is 4. The van der Waals surface area contributed by atoms with Crippen LogP contribution >= 0.6 is 11.6 Å². The van der Waals surface area contributed by atoms with Crippen molar-refractivity contribution in [3.8, 4) is 5.95 Å². The smallest absolute Gasteiger partial charge is 0.235 e. The molecule has 5 nitrogen and oxygen atoms in total. The van der Waals surface area contributed by atoms with Crippen LogP contribution in [0, 0.1) is 5.92 Å². The van der Waals surface area contributed by atoms with Gasteiger partial charge >= 0.3 is 0 Å². The van der Waals surface area contributed by atoms with Crippen molar-refractivity contribution in [3.63, 3.8) is 0 Å². The van der Waals surface area contributed by atoms with Gasteiger partial charge in [0.15, 0.2) is 0 Å². The molecule has 1 aliphatic rings. The minimum Gasteiger partial charge on any atom is -0.381 e. The topological polar surface area (TPSA) is 52.8 Å². The second kappa shape index (κ2) is 6.26. The van der Waals surface area contributed by atoms with E-state index < -0.39 is 0 Å². The van der Waals surface area contributed by atoms with Crippen molar-refractivity contribution < 1.29 is 4.74 Å². The highest BCUT2D eigenvalue weighted by atomic mass is 35.5. The van der Waals surface area contributed by atoms with E-state index in [0.717, 1.165) is 49.1 Å². The highest BCUT2D eigenvalue weighted by Gasteiger charge is 2.18. The average molecular weight is 329 g/mol. The van der Waals surface area contributed by atoms with Crippen LogP contribution in [0.15, 0.2) is 36.9 Å². The molecule has 2 aromatic heterocycles. The number of rotatable bonds is 3. The Hall–Kier alpha value is -1.98. The molecule has 0 aliphatic carbocycles. The quantitative estimate of drug-likeness (QED) is 0.739. The average Bonchev–Trinajstić information content (AvgIpc) is 3.11. The predicted molar refractivity (Wildman–Crippen MR) is 88.9 cm³/mol. The third kappa shape index (κ3) is 3.07. The second-order valence-corrected chi connectivity index (χ2v) is 6.30. The highest BCUT2D eigenvalue weighted by molar-refractivity contribution is 6.31. The molecule has 1 saturated heterocycles. The molecule has 0 bridgehead atoms. The van der Waals surface area contributed by atoms with Crippen LogP contribution in [0.4, 0.5) is 0 Å². The van der Waals surface area contributed by atoms with E-state index in [1.165, 1.54) is 0 Å². The van der Waals surface area contributed by atoms with Crippen molar-refractivity contribution in [2.24, 2.45) is 5.92 Å². The Morgan fingerprint density at radius 3 is 2.87 bits per heavy atom. The molecule has 23 heavy (non-hydrogen) atoms. The van der Waals surface area contributed by atoms with Gasteiger partial charge in [-0.25, -0.2) is 15.0 Å². The molecule has 118 valence electrons. The summed E-state index contributed by atoms with van der Waals surface area (Å²) in [6, 6.07) is 5.78. The van der Waals surface area contributed by atoms with E-state index in [1.54, 1.807) is 12.5 Å². The fourth-order valence-electron chi connectivity index (χ4n) is 3.02. The molecule has 0 unspecified atom stereocenters. The van der Waals surface area contributed by atoms with Crippen LogP contribution < -0.4 is 0 Å². The lowest BCUT2D eigenvalue weighted by Crippen LogP contribution is -2.18. The SMILES string of the molecule is Clc1ccc2nc(-n3ccnc3)nc(CC3CCOCC3)c2c1. The molecule has 0 N–H and O–H groups in total. The van der Waals surface area contributed by atoms with Gasteiger partial charge in [0.2, 0.25) is 5.95 Å². The monoisotopic (exact) mass is 328 g/mol. The maximum Gasteiger partial charge on any atom is 0.235 e. The molecule has 1 aliphatic heterocycles. The van der Waals surface area contributed by atoms with E-state index in [-0.39, 0.29) is 0 Å². The van der Waals surface area contributed by atoms with Gasteiger partial charge in [0, 0.05) is 36.0 Å². The number of hydrogen-bond donors (Lipinski definition) is 0. The van der Waals surface area contributed by atoms with Crippen LogP contribution in [0.25, 0.3) is 16.9 Å². The first-order chi connectivity index (χ1) is 11.3. The molecule has 3 heterocycles. The molecule has 0 amide bonds. The minimum absolute atomic E-state index is 0.594. The summed E-state index contributed by atoms with van der Waals surface area (Å²) in [5.74, 6) is 1.25. The molecular formula is C17H17ClN4O. The zero-order valence-corrected chi connectivity index (χ0v) is 13.4. The van der Waals surface area contributed by atoms with Crippen LogP contribution in [0.1, 0.15) is 18.5 Å². The number of halogens is 1. The van der Waals surface area contributed by atoms with Crippen LogP contribution in [-0.2, 0) is 11.2 Å². The first kappa shape index (κ1) is 14.6. The van der Waals surface area contributed by atoms with Gasteiger partial charge in [0.25, 0.3) is 0 Å². The fourth-order valence-corrected chi connectivity index (χ4v) is 3.20. The first-order valence-electron chi connectivity index (χ1n) is 7.82. The van der Waals surface area contributed by atoms with Crippen molar-refractivity contribution in [1.82, 2.24) is 19.5 Å². The summed E-state index contributed by atoms with van der Waals surface area (Å²) in [5.41, 5.74) is 1.96. The molecule has 4 rings (SSSR count). The van der Waals surface area contributed by atoms with Gasteiger partial charge in [-0.3, -0.25) is 4.57 Å². The van der Waals surface area contributed by atoms with Crippen LogP contribution in [0.2, 0.25) is 5.02 Å². The van der Waals surface area contributed by atoms with E-state index in [0.29, 0.717) is 16.9 Å². The lowest BCUT2D eigenvalue weighted by molar-refractivity contribution is 0.0663. The zero-order chi connectivity index (χ0) is 15.6. The number of benzene rings is 1. The minimum atomic E-state index is 0.594. The predicted octanol–water partition coefficient (Wildman–Crippen LogP) is 3.44. The number of hydrogen-bond acceptors (Lipinski definition) is 4. The third-order valence-corrected chi connectivity index (χ3v) is 4.52. The summed E-state index contributed by atoms with van der Waals surface area (Å²) >= 11 is 6.18. The van der Waals surface area contributed by atoms with Crippen LogP contribution in [-0.4, -0.2) is 32.7 Å². The lowest BCUT2D eigenvalue weighted by Gasteiger charge is -2.22. The van der Waals surface area contributed by atoms with Gasteiger partial charge in [-0.2, -0.15) is 0 Å². The first-order valence-corrected chi connectivity index (χ1v) is 8.19. The summed E-state index contributed by atoms with van der Waals surface area (Å²) in [4.78, 5) is 13.5. The van der Waals surface area contributed by atoms with Crippen molar-refractivity contribution in [3.05, 3.63) is 47.6 Å². The van der Waals surface area contributed by atoms with Gasteiger partial charge < -0.3 is 4.74 Å². The van der Waals surface area contributed by atoms with E-state index >= 15 is 0 Å². The second-order valence-electron chi connectivity index (χ2n) is 5.86. The Morgan fingerprint density at radius 2 is 2.09 bits per heavy atom. The summed E-state index contributed by atoms with van der Waals surface area (Å²) < 4.78 is 7.30. The molecule has 0 atom stereocenters. The van der Waals surface area contributed by atoms with Gasteiger partial charge in [0.1, 0.15) is 6.33 Å². The zero-order valence-electron chi connectivity index (χ0n) is 12.7. The standard InChI is InChI=1S/C17H17ClN4O/c18-13-1-2-15-14(10-13)16(9-12-3-7-23-8-4-12)21-17(20-15)22-6-5-19-11-22/h1-2,5-6,10-12H,3-4,7-9H2. The van der Waals surface area contributed by atoms with E-state index in [9.17, 15) is 0 Å². The molecule has 0 radical (unpaired) electrons. The van der Waals surface area contributed by atoms with Crippen molar-refractivity contribution in [2.45, 2.75) is 19.3 Å². The maximum atomic E-state index is 6.18. The number of ether oxygens (including phenoxy) is 1. The van der Waals surface area contributed by atoms with Crippen LogP contribution in [0.3, 0.4) is 0 Å². The lowest BCUT2D eigenvalue weighted by atomic mass is 9.93. The summed E-state index contributed by atoms with van der Waals surface area (Å²) in [5, 5.41) is 1.75. The molecule has 1 fully saturated rings. The van der Waals surface area contributed by atoms with Gasteiger partial charge in [-0.15, -0.1) is 0 Å². The summed E-state index contributed by atoms with van der Waals surface area (Å²) in [6.45, 7) is 1.67. The normalized spacial score (nSPS) is 16.0. The van der Waals surface area contributed by atoms with Crippen molar-refractivity contribution >= 4 is 22.5 Å². The van der Waals surface area contributed by atoms with Crippen molar-refractivity contribution in [1.29, 1.82) is 0 Å². The van der Waals surface area contributed by atoms with Gasteiger partial charge in [-0.05, 0) is 43.4 Å². The third-order valence-electron chi connectivity index (χ3n) is 4.28. The Morgan fingerprint density at radius 1 is 1.22 bits per heavy atom. The number of aromatic nitrogens is 4. The molecule has 3 aromatic rings. The largest absolute Gasteiger partial charge is 0.381 e. The number of fused-ring (bicyclic) bond motifs is 1. The Kier molecular flexibility index (Phi) is 3.97. The van der Waals surface area contributed by atoms with Crippen molar-refractivity contribution in [2.75, 3.05) is 13.2 Å². The molecule has 6 heteroatoms. The van der Waals surface area contributed by atoms with Crippen LogP contribution in [0.5, 0.6) is 0 Å². The summed E-state index contributed by atoms with van der Waals surface area (Å²) in [6.07, 6.45) is 8.38. The van der Waals surface area contributed by atoms with Gasteiger partial charge in [0.05, 0.1) is 11.2 Å². The highest BCUT2D eigenvalue weighted by Crippen LogP contribution is 2.26. The van der Waals surface area contributed by atoms with E-state index in [4.69, 9.17) is 21.3 Å². The Balaban J connectivity index is 1.79. The molecule has 0 saturated carbocycles. The molecular weight excluding hydrogens is 312 g/mol. The Labute approximate surface area is 139 Å². The maximum absolute atomic E-state index is 6.18. The molecule has 0 spiro atoms. The van der Waals surface area contributed by atoms with Gasteiger partial charge in [-0.1, -0.05) is 11.6 Å². The fraction of sp³-hybridized carbons (Fsp3) is 0.353. The molecule has 1 aromatic carbocycles. The Bertz CT molecular complexity index is 813.